The maximum absolute atomic E-state index is 12.0. The Kier molecular flexibility index (Phi) is 5.61. The largest absolute Gasteiger partial charge is 0.396 e. The third kappa shape index (κ3) is 4.60. The molecule has 4 heteroatoms. The molecule has 1 aromatic carbocycles. The molecule has 2 N–H and O–H groups in total. The first-order chi connectivity index (χ1) is 9.60. The van der Waals surface area contributed by atoms with Crippen LogP contribution in [0.5, 0.6) is 0 Å². The van der Waals surface area contributed by atoms with Gasteiger partial charge in [-0.3, -0.25) is 4.79 Å². The van der Waals surface area contributed by atoms with Crippen molar-refractivity contribution in [2.45, 2.75) is 45.1 Å². The van der Waals surface area contributed by atoms with Crippen molar-refractivity contribution in [1.82, 2.24) is 5.32 Å². The van der Waals surface area contributed by atoms with E-state index in [1.165, 1.54) is 24.0 Å². The van der Waals surface area contributed by atoms with Crippen LogP contribution in [0.25, 0.3) is 0 Å². The Morgan fingerprint density at radius 3 is 2.85 bits per heavy atom. The summed E-state index contributed by atoms with van der Waals surface area (Å²) in [6, 6.07) is 6.36. The van der Waals surface area contributed by atoms with Crippen LogP contribution in [0, 0.1) is 12.8 Å². The highest BCUT2D eigenvalue weighted by Gasteiger charge is 2.31. The molecule has 110 valence electrons. The van der Waals surface area contributed by atoms with E-state index >= 15 is 0 Å². The van der Waals surface area contributed by atoms with Crippen LogP contribution >= 0.6 is 15.9 Å². The van der Waals surface area contributed by atoms with E-state index < -0.39 is 0 Å². The van der Waals surface area contributed by atoms with Gasteiger partial charge in [0.1, 0.15) is 0 Å². The Balaban J connectivity index is 1.80. The van der Waals surface area contributed by atoms with Crippen LogP contribution in [0.3, 0.4) is 0 Å². The average Bonchev–Trinajstić information content (AvgIpc) is 3.24. The van der Waals surface area contributed by atoms with Gasteiger partial charge in [-0.2, -0.15) is 0 Å². The predicted octanol–water partition coefficient (Wildman–Crippen LogP) is 2.97. The van der Waals surface area contributed by atoms with Crippen molar-refractivity contribution in [2.75, 3.05) is 6.61 Å². The molecule has 2 rings (SSSR count). The molecule has 0 spiro atoms. The van der Waals surface area contributed by atoms with Crippen LogP contribution in [0.2, 0.25) is 0 Å². The molecular formula is C16H22BrNO2. The number of halogens is 1. The summed E-state index contributed by atoms with van der Waals surface area (Å²) in [5, 5.41) is 12.1. The summed E-state index contributed by atoms with van der Waals surface area (Å²) in [7, 11) is 0. The minimum atomic E-state index is 0.0934. The number of aliphatic hydroxyl groups excluding tert-OH is 1. The molecule has 0 heterocycles. The van der Waals surface area contributed by atoms with E-state index in [1.54, 1.807) is 0 Å². The van der Waals surface area contributed by atoms with E-state index in [-0.39, 0.29) is 18.6 Å². The van der Waals surface area contributed by atoms with Crippen LogP contribution in [0.15, 0.2) is 22.7 Å². The van der Waals surface area contributed by atoms with Crippen molar-refractivity contribution in [3.63, 3.8) is 0 Å². The van der Waals surface area contributed by atoms with Crippen molar-refractivity contribution in [1.29, 1.82) is 0 Å². The van der Waals surface area contributed by atoms with Crippen molar-refractivity contribution in [3.05, 3.63) is 33.8 Å². The Morgan fingerprint density at radius 2 is 2.25 bits per heavy atom. The van der Waals surface area contributed by atoms with Gasteiger partial charge in [-0.05, 0) is 55.7 Å². The van der Waals surface area contributed by atoms with Crippen molar-refractivity contribution in [3.8, 4) is 0 Å². The molecule has 1 fully saturated rings. The van der Waals surface area contributed by atoms with Gasteiger partial charge in [-0.1, -0.05) is 28.1 Å². The lowest BCUT2D eigenvalue weighted by Crippen LogP contribution is -2.37. The van der Waals surface area contributed by atoms with Gasteiger partial charge < -0.3 is 10.4 Å². The molecule has 0 aliphatic heterocycles. The van der Waals surface area contributed by atoms with Crippen LogP contribution in [-0.2, 0) is 11.2 Å². The fourth-order valence-corrected chi connectivity index (χ4v) is 2.71. The fourth-order valence-electron chi connectivity index (χ4n) is 2.46. The number of benzene rings is 1. The first kappa shape index (κ1) is 15.5. The highest BCUT2D eigenvalue weighted by atomic mass is 79.9. The number of aliphatic hydroxyl groups is 1. The van der Waals surface area contributed by atoms with Crippen LogP contribution in [-0.4, -0.2) is 23.7 Å². The quantitative estimate of drug-likeness (QED) is 0.802. The molecular weight excluding hydrogens is 318 g/mol. The molecule has 0 aromatic heterocycles. The Hall–Kier alpha value is -0.870. The minimum Gasteiger partial charge on any atom is -0.396 e. The van der Waals surface area contributed by atoms with Crippen molar-refractivity contribution < 1.29 is 9.90 Å². The summed E-state index contributed by atoms with van der Waals surface area (Å²) < 4.78 is 1.10. The molecule has 1 unspecified atom stereocenters. The second-order valence-corrected chi connectivity index (χ2v) is 6.46. The van der Waals surface area contributed by atoms with Crippen molar-refractivity contribution >= 4 is 21.8 Å². The van der Waals surface area contributed by atoms with Gasteiger partial charge in [0.25, 0.3) is 0 Å². The zero-order valence-corrected chi connectivity index (χ0v) is 13.4. The predicted molar refractivity (Wildman–Crippen MR) is 83.6 cm³/mol. The number of carbonyl (C=O) groups excluding carboxylic acids is 1. The van der Waals surface area contributed by atoms with Gasteiger partial charge in [-0.25, -0.2) is 0 Å². The number of nitrogens with one attached hydrogen (secondary N) is 1. The lowest BCUT2D eigenvalue weighted by atomic mass is 10.1. The van der Waals surface area contributed by atoms with E-state index in [0.29, 0.717) is 18.8 Å². The molecule has 20 heavy (non-hydrogen) atoms. The summed E-state index contributed by atoms with van der Waals surface area (Å²) in [5.74, 6) is 0.678. The second-order valence-electron chi connectivity index (χ2n) is 5.61. The Bertz CT molecular complexity index is 472. The topological polar surface area (TPSA) is 49.3 Å². The first-order valence-electron chi connectivity index (χ1n) is 7.25. The SMILES string of the molecule is Cc1cc(CCC(=O)NC(CCO)C2CC2)ccc1Br. The van der Waals surface area contributed by atoms with Crippen LogP contribution in [0.1, 0.15) is 36.8 Å². The van der Waals surface area contributed by atoms with Gasteiger partial charge in [0, 0.05) is 23.5 Å². The molecule has 1 aliphatic carbocycles. The molecule has 0 saturated heterocycles. The van der Waals surface area contributed by atoms with Gasteiger partial charge in [0.2, 0.25) is 5.91 Å². The smallest absolute Gasteiger partial charge is 0.220 e. The molecule has 0 radical (unpaired) electrons. The van der Waals surface area contributed by atoms with E-state index in [1.807, 2.05) is 6.07 Å². The number of hydrogen-bond acceptors (Lipinski definition) is 2. The normalized spacial score (nSPS) is 15.9. The maximum atomic E-state index is 12.0. The molecule has 1 atom stereocenters. The molecule has 1 aliphatic rings. The van der Waals surface area contributed by atoms with Crippen molar-refractivity contribution in [2.24, 2.45) is 5.92 Å². The molecule has 0 bridgehead atoms. The van der Waals surface area contributed by atoms with Crippen LogP contribution < -0.4 is 5.32 Å². The van der Waals surface area contributed by atoms with E-state index in [4.69, 9.17) is 5.11 Å². The lowest BCUT2D eigenvalue weighted by Gasteiger charge is -2.17. The molecule has 1 amide bonds. The first-order valence-corrected chi connectivity index (χ1v) is 8.04. The Morgan fingerprint density at radius 1 is 1.50 bits per heavy atom. The Labute approximate surface area is 128 Å². The van der Waals surface area contributed by atoms with Crippen LogP contribution in [0.4, 0.5) is 0 Å². The number of amides is 1. The summed E-state index contributed by atoms with van der Waals surface area (Å²) in [4.78, 5) is 12.0. The minimum absolute atomic E-state index is 0.0934. The number of carbonyl (C=O) groups is 1. The lowest BCUT2D eigenvalue weighted by molar-refractivity contribution is -0.122. The zero-order valence-electron chi connectivity index (χ0n) is 11.9. The summed E-state index contributed by atoms with van der Waals surface area (Å²) in [6.45, 7) is 2.20. The number of hydrogen-bond donors (Lipinski definition) is 2. The molecule has 1 saturated carbocycles. The molecule has 3 nitrogen and oxygen atoms in total. The van der Waals surface area contributed by atoms with Gasteiger partial charge >= 0.3 is 0 Å². The third-order valence-corrected chi connectivity index (χ3v) is 4.73. The van der Waals surface area contributed by atoms with E-state index in [2.05, 4.69) is 40.3 Å². The van der Waals surface area contributed by atoms with E-state index in [0.717, 1.165) is 10.9 Å². The second kappa shape index (κ2) is 7.23. The summed E-state index contributed by atoms with van der Waals surface area (Å²) in [6.07, 6.45) is 4.30. The van der Waals surface area contributed by atoms with E-state index in [9.17, 15) is 4.79 Å². The van der Waals surface area contributed by atoms with Gasteiger partial charge in [0.05, 0.1) is 0 Å². The monoisotopic (exact) mass is 339 g/mol. The highest BCUT2D eigenvalue weighted by molar-refractivity contribution is 9.10. The van der Waals surface area contributed by atoms with Gasteiger partial charge in [0.15, 0.2) is 0 Å². The summed E-state index contributed by atoms with van der Waals surface area (Å²) >= 11 is 3.48. The zero-order chi connectivity index (χ0) is 14.5. The standard InChI is InChI=1S/C16H22BrNO2/c1-11-10-12(2-6-14(11)17)3-7-16(20)18-15(8-9-19)13-4-5-13/h2,6,10,13,15,19H,3-5,7-9H2,1H3,(H,18,20). The highest BCUT2D eigenvalue weighted by Crippen LogP contribution is 2.33. The summed E-state index contributed by atoms with van der Waals surface area (Å²) in [5.41, 5.74) is 2.38. The average molecular weight is 340 g/mol. The number of rotatable bonds is 7. The fraction of sp³-hybridized carbons (Fsp3) is 0.562. The number of aryl methyl sites for hydroxylation is 2. The maximum Gasteiger partial charge on any atom is 0.220 e. The molecule has 1 aromatic rings. The van der Waals surface area contributed by atoms with Gasteiger partial charge in [-0.15, -0.1) is 0 Å². The third-order valence-electron chi connectivity index (χ3n) is 3.84.